The molecule has 0 aliphatic carbocycles. The molecule has 0 saturated heterocycles. The van der Waals surface area contributed by atoms with E-state index in [2.05, 4.69) is 20.4 Å². The first-order valence-electron chi connectivity index (χ1n) is 8.46. The van der Waals surface area contributed by atoms with Crippen molar-refractivity contribution in [2.75, 3.05) is 0 Å². The summed E-state index contributed by atoms with van der Waals surface area (Å²) in [5, 5.41) is 6.90. The molecule has 2 aromatic carbocycles. The number of aromatic nitrogens is 3. The Balaban J connectivity index is 1.51. The van der Waals surface area contributed by atoms with Crippen LogP contribution >= 0.6 is 0 Å². The fourth-order valence-corrected chi connectivity index (χ4v) is 2.63. The van der Waals surface area contributed by atoms with Crippen molar-refractivity contribution in [1.82, 2.24) is 20.4 Å². The van der Waals surface area contributed by atoms with Crippen molar-refractivity contribution >= 4 is 5.91 Å². The van der Waals surface area contributed by atoms with Crippen LogP contribution in [0.5, 0.6) is 0 Å². The van der Waals surface area contributed by atoms with E-state index < -0.39 is 0 Å². The zero-order valence-corrected chi connectivity index (χ0v) is 14.4. The summed E-state index contributed by atoms with van der Waals surface area (Å²) in [6, 6.07) is 20.4. The summed E-state index contributed by atoms with van der Waals surface area (Å²) in [5.41, 5.74) is 3.03. The van der Waals surface area contributed by atoms with Crippen molar-refractivity contribution in [3.05, 3.63) is 90.3 Å². The van der Waals surface area contributed by atoms with Gasteiger partial charge in [0.05, 0.1) is 0 Å². The molecule has 4 rings (SSSR count). The summed E-state index contributed by atoms with van der Waals surface area (Å²) in [4.78, 5) is 20.9. The summed E-state index contributed by atoms with van der Waals surface area (Å²) in [5.74, 6) is 0.705. The van der Waals surface area contributed by atoms with Crippen molar-refractivity contribution in [2.24, 2.45) is 0 Å². The fourth-order valence-electron chi connectivity index (χ4n) is 2.63. The predicted molar refractivity (Wildman–Crippen MR) is 101 cm³/mol. The van der Waals surface area contributed by atoms with Gasteiger partial charge >= 0.3 is 0 Å². The van der Waals surface area contributed by atoms with E-state index in [0.717, 1.165) is 11.1 Å². The minimum atomic E-state index is -0.177. The third kappa shape index (κ3) is 3.90. The first-order chi connectivity index (χ1) is 13.3. The van der Waals surface area contributed by atoms with Gasteiger partial charge in [-0.3, -0.25) is 9.78 Å². The molecule has 1 amide bonds. The van der Waals surface area contributed by atoms with Crippen LogP contribution in [-0.2, 0) is 6.54 Å². The van der Waals surface area contributed by atoms with Gasteiger partial charge in [0.25, 0.3) is 11.8 Å². The van der Waals surface area contributed by atoms with Crippen LogP contribution in [0.1, 0.15) is 15.9 Å². The second kappa shape index (κ2) is 7.61. The lowest BCUT2D eigenvalue weighted by Crippen LogP contribution is -2.22. The van der Waals surface area contributed by atoms with Gasteiger partial charge in [-0.05, 0) is 29.8 Å². The molecule has 2 aromatic heterocycles. The van der Waals surface area contributed by atoms with Crippen molar-refractivity contribution in [3.8, 4) is 22.8 Å². The van der Waals surface area contributed by atoms with Crippen molar-refractivity contribution in [3.63, 3.8) is 0 Å². The van der Waals surface area contributed by atoms with Gasteiger partial charge in [-0.1, -0.05) is 47.6 Å². The molecule has 27 heavy (non-hydrogen) atoms. The van der Waals surface area contributed by atoms with Gasteiger partial charge in [0, 0.05) is 35.6 Å². The molecule has 0 saturated carbocycles. The number of carbonyl (C=O) groups is 1. The maximum Gasteiger partial charge on any atom is 0.258 e. The molecule has 0 fully saturated rings. The van der Waals surface area contributed by atoms with Gasteiger partial charge in [-0.15, -0.1) is 0 Å². The van der Waals surface area contributed by atoms with Crippen LogP contribution in [0, 0.1) is 0 Å². The Morgan fingerprint density at radius 3 is 2.63 bits per heavy atom. The van der Waals surface area contributed by atoms with Gasteiger partial charge in [-0.2, -0.15) is 4.98 Å². The monoisotopic (exact) mass is 356 g/mol. The van der Waals surface area contributed by atoms with E-state index in [9.17, 15) is 4.79 Å². The summed E-state index contributed by atoms with van der Waals surface area (Å²) in [6.07, 6.45) is 3.42. The first kappa shape index (κ1) is 16.7. The molecule has 0 aliphatic heterocycles. The minimum Gasteiger partial charge on any atom is -0.348 e. The van der Waals surface area contributed by atoms with Crippen molar-refractivity contribution in [2.45, 2.75) is 6.54 Å². The molecule has 0 atom stereocenters. The second-order valence-corrected chi connectivity index (χ2v) is 5.91. The van der Waals surface area contributed by atoms with Gasteiger partial charge in [0.2, 0.25) is 5.82 Å². The van der Waals surface area contributed by atoms with Crippen LogP contribution in [0.15, 0.2) is 83.6 Å². The first-order valence-corrected chi connectivity index (χ1v) is 8.46. The van der Waals surface area contributed by atoms with E-state index in [0.29, 0.717) is 29.4 Å². The molecule has 2 heterocycles. The number of benzene rings is 2. The average Bonchev–Trinajstić information content (AvgIpc) is 3.24. The predicted octanol–water partition coefficient (Wildman–Crippen LogP) is 3.73. The largest absolute Gasteiger partial charge is 0.348 e. The van der Waals surface area contributed by atoms with Crippen molar-refractivity contribution in [1.29, 1.82) is 0 Å². The normalized spacial score (nSPS) is 10.5. The molecule has 0 unspecified atom stereocenters. The van der Waals surface area contributed by atoms with Crippen molar-refractivity contribution < 1.29 is 9.32 Å². The lowest BCUT2D eigenvalue weighted by atomic mass is 10.1. The van der Waals surface area contributed by atoms with Gasteiger partial charge in [0.15, 0.2) is 0 Å². The van der Waals surface area contributed by atoms with E-state index in [1.165, 1.54) is 0 Å². The Morgan fingerprint density at radius 1 is 0.963 bits per heavy atom. The summed E-state index contributed by atoms with van der Waals surface area (Å²) in [7, 11) is 0. The molecule has 6 nitrogen and oxygen atoms in total. The van der Waals surface area contributed by atoms with Crippen LogP contribution in [0.25, 0.3) is 22.8 Å². The zero-order valence-electron chi connectivity index (χ0n) is 14.4. The van der Waals surface area contributed by atoms with Gasteiger partial charge in [0.1, 0.15) is 0 Å². The lowest BCUT2D eigenvalue weighted by molar-refractivity contribution is 0.0951. The smallest absolute Gasteiger partial charge is 0.258 e. The minimum absolute atomic E-state index is 0.177. The molecule has 132 valence electrons. The van der Waals surface area contributed by atoms with E-state index in [4.69, 9.17) is 4.52 Å². The second-order valence-electron chi connectivity index (χ2n) is 5.91. The highest BCUT2D eigenvalue weighted by molar-refractivity contribution is 5.95. The quantitative estimate of drug-likeness (QED) is 0.589. The Hall–Kier alpha value is -3.80. The van der Waals surface area contributed by atoms with E-state index in [1.54, 1.807) is 30.6 Å². The molecule has 0 bridgehead atoms. The third-order valence-electron chi connectivity index (χ3n) is 4.01. The summed E-state index contributed by atoms with van der Waals surface area (Å²) >= 11 is 0. The van der Waals surface area contributed by atoms with Crippen LogP contribution in [0.3, 0.4) is 0 Å². The molecule has 1 N–H and O–H groups in total. The van der Waals surface area contributed by atoms with Crippen LogP contribution < -0.4 is 5.32 Å². The lowest BCUT2D eigenvalue weighted by Gasteiger charge is -2.05. The molecular weight excluding hydrogens is 340 g/mol. The Bertz CT molecular complexity index is 1050. The number of amides is 1. The number of rotatable bonds is 5. The zero-order chi connectivity index (χ0) is 18.5. The summed E-state index contributed by atoms with van der Waals surface area (Å²) < 4.78 is 5.37. The number of pyridine rings is 1. The number of nitrogens with one attached hydrogen (secondary N) is 1. The number of hydrogen-bond donors (Lipinski definition) is 1. The molecular formula is C21H16N4O2. The molecule has 0 aliphatic rings. The van der Waals surface area contributed by atoms with Crippen LogP contribution in [0.4, 0.5) is 0 Å². The standard InChI is InChI=1S/C21H16N4O2/c26-20(23-14-15-6-5-11-22-13-15)17-9-4-10-18(12-17)21-24-19(25-27-21)16-7-2-1-3-8-16/h1-13H,14H2,(H,23,26). The van der Waals surface area contributed by atoms with Gasteiger partial charge < -0.3 is 9.84 Å². The summed E-state index contributed by atoms with van der Waals surface area (Å²) in [6.45, 7) is 0.412. The van der Waals surface area contributed by atoms with Crippen LogP contribution in [0.2, 0.25) is 0 Å². The average molecular weight is 356 g/mol. The highest BCUT2D eigenvalue weighted by atomic mass is 16.5. The van der Waals surface area contributed by atoms with E-state index in [-0.39, 0.29) is 5.91 Å². The third-order valence-corrected chi connectivity index (χ3v) is 4.01. The highest BCUT2D eigenvalue weighted by Gasteiger charge is 2.13. The molecule has 6 heteroatoms. The van der Waals surface area contributed by atoms with Gasteiger partial charge in [-0.25, -0.2) is 0 Å². The molecule has 4 aromatic rings. The maximum atomic E-state index is 12.4. The Kier molecular flexibility index (Phi) is 4.70. The Morgan fingerprint density at radius 2 is 1.81 bits per heavy atom. The number of hydrogen-bond acceptors (Lipinski definition) is 5. The molecule has 0 radical (unpaired) electrons. The number of carbonyl (C=O) groups excluding carboxylic acids is 1. The van der Waals surface area contributed by atoms with E-state index >= 15 is 0 Å². The van der Waals surface area contributed by atoms with Crippen LogP contribution in [-0.4, -0.2) is 21.0 Å². The van der Waals surface area contributed by atoms with E-state index in [1.807, 2.05) is 48.5 Å². The highest BCUT2D eigenvalue weighted by Crippen LogP contribution is 2.22. The number of nitrogens with zero attached hydrogens (tertiary/aromatic N) is 3. The Labute approximate surface area is 155 Å². The topological polar surface area (TPSA) is 80.9 Å². The molecule has 0 spiro atoms. The fraction of sp³-hybridized carbons (Fsp3) is 0.0476. The SMILES string of the molecule is O=C(NCc1cccnc1)c1cccc(-c2nc(-c3ccccc3)no2)c1. The maximum absolute atomic E-state index is 12.4.